The highest BCUT2D eigenvalue weighted by Crippen LogP contribution is 2.27. The monoisotopic (exact) mass is 297 g/mol. The number of hydrogen-bond acceptors (Lipinski definition) is 3. The SMILES string of the molecule is O=C(NCC1(O)CCCCCC1)c1ccc(O)c(Cl)c1. The highest BCUT2D eigenvalue weighted by Gasteiger charge is 2.28. The standard InChI is InChI=1S/C15H20ClNO3/c16-12-9-11(5-6-13(12)18)14(19)17-10-15(20)7-3-1-2-4-8-15/h5-6,9,18,20H,1-4,7-8,10H2,(H,17,19). The van der Waals surface area contributed by atoms with Gasteiger partial charge in [0.15, 0.2) is 0 Å². The lowest BCUT2D eigenvalue weighted by molar-refractivity contribution is 0.0246. The van der Waals surface area contributed by atoms with Crippen LogP contribution in [0, 0.1) is 0 Å². The fourth-order valence-electron chi connectivity index (χ4n) is 2.56. The summed E-state index contributed by atoms with van der Waals surface area (Å²) in [7, 11) is 0. The van der Waals surface area contributed by atoms with E-state index in [1.807, 2.05) is 0 Å². The number of rotatable bonds is 3. The molecule has 1 aromatic carbocycles. The van der Waals surface area contributed by atoms with Crippen molar-refractivity contribution in [2.24, 2.45) is 0 Å². The molecule has 2 rings (SSSR count). The fourth-order valence-corrected chi connectivity index (χ4v) is 2.74. The molecule has 1 amide bonds. The van der Waals surface area contributed by atoms with Gasteiger partial charge < -0.3 is 15.5 Å². The summed E-state index contributed by atoms with van der Waals surface area (Å²) in [5.74, 6) is -0.338. The minimum atomic E-state index is -0.799. The molecule has 1 aliphatic carbocycles. The Morgan fingerprint density at radius 2 is 1.90 bits per heavy atom. The summed E-state index contributed by atoms with van der Waals surface area (Å²) in [5, 5.41) is 22.7. The normalized spacial score (nSPS) is 18.3. The van der Waals surface area contributed by atoms with E-state index >= 15 is 0 Å². The van der Waals surface area contributed by atoms with Crippen molar-refractivity contribution in [3.63, 3.8) is 0 Å². The number of benzene rings is 1. The third-order valence-corrected chi connectivity index (χ3v) is 4.12. The molecule has 0 saturated heterocycles. The number of hydrogen-bond donors (Lipinski definition) is 3. The third kappa shape index (κ3) is 3.87. The molecule has 20 heavy (non-hydrogen) atoms. The number of carbonyl (C=O) groups excluding carboxylic acids is 1. The molecule has 3 N–H and O–H groups in total. The van der Waals surface area contributed by atoms with Gasteiger partial charge >= 0.3 is 0 Å². The number of aromatic hydroxyl groups is 1. The maximum Gasteiger partial charge on any atom is 0.251 e. The summed E-state index contributed by atoms with van der Waals surface area (Å²) in [4.78, 5) is 12.0. The van der Waals surface area contributed by atoms with Crippen LogP contribution in [0.5, 0.6) is 5.75 Å². The molecule has 110 valence electrons. The van der Waals surface area contributed by atoms with Gasteiger partial charge in [-0.25, -0.2) is 0 Å². The molecule has 0 bridgehead atoms. The van der Waals surface area contributed by atoms with Gasteiger partial charge in [-0.05, 0) is 31.0 Å². The van der Waals surface area contributed by atoms with Gasteiger partial charge in [0.1, 0.15) is 5.75 Å². The second kappa shape index (κ2) is 6.46. The fraction of sp³-hybridized carbons (Fsp3) is 0.533. The zero-order valence-corrected chi connectivity index (χ0v) is 12.1. The number of carbonyl (C=O) groups is 1. The lowest BCUT2D eigenvalue weighted by Crippen LogP contribution is -2.42. The molecule has 0 aliphatic heterocycles. The molecule has 0 atom stereocenters. The topological polar surface area (TPSA) is 69.6 Å². The lowest BCUT2D eigenvalue weighted by atomic mass is 9.94. The van der Waals surface area contributed by atoms with Crippen LogP contribution in [0.25, 0.3) is 0 Å². The minimum Gasteiger partial charge on any atom is -0.506 e. The molecule has 0 heterocycles. The Morgan fingerprint density at radius 3 is 2.50 bits per heavy atom. The van der Waals surface area contributed by atoms with Crippen LogP contribution in [0.2, 0.25) is 5.02 Å². The van der Waals surface area contributed by atoms with Gasteiger partial charge in [0.2, 0.25) is 0 Å². The summed E-state index contributed by atoms with van der Waals surface area (Å²) in [6.45, 7) is 0.254. The summed E-state index contributed by atoms with van der Waals surface area (Å²) in [6, 6.07) is 4.31. The number of aliphatic hydroxyl groups is 1. The van der Waals surface area contributed by atoms with Gasteiger partial charge in [-0.1, -0.05) is 37.3 Å². The van der Waals surface area contributed by atoms with Crippen molar-refractivity contribution in [3.8, 4) is 5.75 Å². The van der Waals surface area contributed by atoms with Crippen LogP contribution in [0.15, 0.2) is 18.2 Å². The minimum absolute atomic E-state index is 0.0504. The second-order valence-corrected chi connectivity index (χ2v) is 5.89. The van der Waals surface area contributed by atoms with Crippen molar-refractivity contribution in [2.75, 3.05) is 6.54 Å². The van der Waals surface area contributed by atoms with Crippen LogP contribution < -0.4 is 5.32 Å². The summed E-state index contributed by atoms with van der Waals surface area (Å²) >= 11 is 5.78. The highest BCUT2D eigenvalue weighted by molar-refractivity contribution is 6.32. The van der Waals surface area contributed by atoms with E-state index in [9.17, 15) is 15.0 Å². The van der Waals surface area contributed by atoms with Crippen molar-refractivity contribution >= 4 is 17.5 Å². The molecule has 0 unspecified atom stereocenters. The Kier molecular flexibility index (Phi) is 4.89. The number of nitrogens with one attached hydrogen (secondary N) is 1. The Hall–Kier alpha value is -1.26. The van der Waals surface area contributed by atoms with Crippen LogP contribution in [-0.2, 0) is 0 Å². The second-order valence-electron chi connectivity index (χ2n) is 5.49. The number of phenols is 1. The molecule has 0 aromatic heterocycles. The van der Waals surface area contributed by atoms with Crippen molar-refractivity contribution in [1.29, 1.82) is 0 Å². The van der Waals surface area contributed by atoms with Crippen molar-refractivity contribution in [3.05, 3.63) is 28.8 Å². The van der Waals surface area contributed by atoms with Crippen LogP contribution in [0.4, 0.5) is 0 Å². The van der Waals surface area contributed by atoms with Crippen molar-refractivity contribution < 1.29 is 15.0 Å². The van der Waals surface area contributed by atoms with E-state index in [1.54, 1.807) is 0 Å². The van der Waals surface area contributed by atoms with E-state index in [1.165, 1.54) is 18.2 Å². The van der Waals surface area contributed by atoms with E-state index in [4.69, 9.17) is 11.6 Å². The van der Waals surface area contributed by atoms with Gasteiger partial charge in [-0.2, -0.15) is 0 Å². The smallest absolute Gasteiger partial charge is 0.251 e. The van der Waals surface area contributed by atoms with Gasteiger partial charge in [0.05, 0.1) is 10.6 Å². The van der Waals surface area contributed by atoms with Crippen LogP contribution in [0.3, 0.4) is 0 Å². The maximum atomic E-state index is 12.0. The maximum absolute atomic E-state index is 12.0. The molecule has 1 aliphatic rings. The predicted molar refractivity (Wildman–Crippen MR) is 78.1 cm³/mol. The highest BCUT2D eigenvalue weighted by atomic mass is 35.5. The number of amides is 1. The summed E-state index contributed by atoms with van der Waals surface area (Å²) in [6.07, 6.45) is 5.73. The average molecular weight is 298 g/mol. The van der Waals surface area contributed by atoms with Gasteiger partial charge in [-0.15, -0.1) is 0 Å². The molecular weight excluding hydrogens is 278 g/mol. The third-order valence-electron chi connectivity index (χ3n) is 3.82. The van der Waals surface area contributed by atoms with Gasteiger partial charge in [0, 0.05) is 12.1 Å². The molecule has 1 saturated carbocycles. The van der Waals surface area contributed by atoms with E-state index < -0.39 is 5.60 Å². The van der Waals surface area contributed by atoms with Crippen LogP contribution >= 0.6 is 11.6 Å². The summed E-state index contributed by atoms with van der Waals surface area (Å²) in [5.41, 5.74) is -0.419. The van der Waals surface area contributed by atoms with E-state index in [0.717, 1.165) is 38.5 Å². The Labute approximate surface area is 123 Å². The predicted octanol–water partition coefficient (Wildman–Crippen LogP) is 2.86. The molecule has 0 radical (unpaired) electrons. The lowest BCUT2D eigenvalue weighted by Gasteiger charge is -2.26. The van der Waals surface area contributed by atoms with Gasteiger partial charge in [0.25, 0.3) is 5.91 Å². The summed E-state index contributed by atoms with van der Waals surface area (Å²) < 4.78 is 0. The van der Waals surface area contributed by atoms with Crippen LogP contribution in [-0.4, -0.2) is 28.3 Å². The Bertz CT molecular complexity index is 482. The molecule has 4 nitrogen and oxygen atoms in total. The Balaban J connectivity index is 1.95. The molecule has 5 heteroatoms. The number of phenolic OH excluding ortho intramolecular Hbond substituents is 1. The molecular formula is C15H20ClNO3. The van der Waals surface area contributed by atoms with Crippen LogP contribution in [0.1, 0.15) is 48.9 Å². The Morgan fingerprint density at radius 1 is 1.25 bits per heavy atom. The number of halogens is 1. The first kappa shape index (κ1) is 15.1. The van der Waals surface area contributed by atoms with Crippen molar-refractivity contribution in [1.82, 2.24) is 5.32 Å². The quantitative estimate of drug-likeness (QED) is 0.751. The first-order valence-corrected chi connectivity index (χ1v) is 7.37. The van der Waals surface area contributed by atoms with Crippen molar-refractivity contribution in [2.45, 2.75) is 44.1 Å². The molecule has 1 aromatic rings. The van der Waals surface area contributed by atoms with E-state index in [-0.39, 0.29) is 23.2 Å². The molecule has 0 spiro atoms. The zero-order chi connectivity index (χ0) is 14.6. The first-order valence-electron chi connectivity index (χ1n) is 6.99. The van der Waals surface area contributed by atoms with E-state index in [0.29, 0.717) is 5.56 Å². The average Bonchev–Trinajstić information content (AvgIpc) is 2.65. The first-order chi connectivity index (χ1) is 9.50. The largest absolute Gasteiger partial charge is 0.506 e. The molecule has 1 fully saturated rings. The van der Waals surface area contributed by atoms with Gasteiger partial charge in [-0.3, -0.25) is 4.79 Å². The zero-order valence-electron chi connectivity index (χ0n) is 11.4. The van der Waals surface area contributed by atoms with E-state index in [2.05, 4.69) is 5.32 Å².